The second-order valence-corrected chi connectivity index (χ2v) is 7.51. The number of rotatable bonds is 5. The molecule has 1 aromatic carbocycles. The Labute approximate surface area is 106 Å². The van der Waals surface area contributed by atoms with Gasteiger partial charge in [-0.25, -0.2) is 25.9 Å². The number of halogens is 1. The van der Waals surface area contributed by atoms with E-state index in [1.165, 1.54) is 0 Å². The molecule has 0 unspecified atom stereocenters. The van der Waals surface area contributed by atoms with Crippen LogP contribution in [0.4, 0.5) is 4.39 Å². The van der Waals surface area contributed by atoms with Gasteiger partial charge in [-0.1, -0.05) is 6.92 Å². The number of nitrogens with one attached hydrogen (secondary N) is 1. The number of benzene rings is 1. The molecule has 0 aromatic heterocycles. The quantitative estimate of drug-likeness (QED) is 0.819. The van der Waals surface area contributed by atoms with Crippen LogP contribution < -0.4 is 4.72 Å². The zero-order chi connectivity index (χ0) is 14.0. The maximum absolute atomic E-state index is 13.5. The Bertz CT molecular complexity index is 638. The average Bonchev–Trinajstić information content (AvgIpc) is 2.25. The lowest BCUT2D eigenvalue weighted by molar-refractivity contribution is 0.554. The first kappa shape index (κ1) is 15.1. The molecule has 0 saturated carbocycles. The van der Waals surface area contributed by atoms with Crippen molar-refractivity contribution in [1.29, 1.82) is 0 Å². The summed E-state index contributed by atoms with van der Waals surface area (Å²) in [6.07, 6.45) is 1.47. The van der Waals surface area contributed by atoms with Gasteiger partial charge in [-0.2, -0.15) is 0 Å². The van der Waals surface area contributed by atoms with Gasteiger partial charge in [0.1, 0.15) is 10.7 Å². The first-order valence-electron chi connectivity index (χ1n) is 5.17. The lowest BCUT2D eigenvalue weighted by atomic mass is 10.3. The Hall–Kier alpha value is -0.990. The number of hydrogen-bond acceptors (Lipinski definition) is 4. The lowest BCUT2D eigenvalue weighted by Gasteiger charge is -2.08. The van der Waals surface area contributed by atoms with Crippen molar-refractivity contribution in [2.75, 3.05) is 12.8 Å². The van der Waals surface area contributed by atoms with E-state index in [0.29, 0.717) is 6.42 Å². The summed E-state index contributed by atoms with van der Waals surface area (Å²) in [7, 11) is -7.61. The van der Waals surface area contributed by atoms with E-state index in [4.69, 9.17) is 0 Å². The van der Waals surface area contributed by atoms with E-state index < -0.39 is 30.6 Å². The van der Waals surface area contributed by atoms with Gasteiger partial charge in [0.05, 0.1) is 4.90 Å². The molecule has 0 spiro atoms. The Morgan fingerprint density at radius 3 is 2.33 bits per heavy atom. The molecule has 0 fully saturated rings. The molecule has 1 aromatic rings. The lowest BCUT2D eigenvalue weighted by Crippen LogP contribution is -2.25. The largest absolute Gasteiger partial charge is 0.243 e. The van der Waals surface area contributed by atoms with E-state index in [-0.39, 0.29) is 11.4 Å². The number of sulfone groups is 1. The summed E-state index contributed by atoms with van der Waals surface area (Å²) in [4.78, 5) is -0.889. The second-order valence-electron chi connectivity index (χ2n) is 3.76. The van der Waals surface area contributed by atoms with Crippen molar-refractivity contribution in [2.24, 2.45) is 0 Å². The van der Waals surface area contributed by atoms with Crippen molar-refractivity contribution >= 4 is 19.9 Å². The van der Waals surface area contributed by atoms with Crippen LogP contribution in [0.15, 0.2) is 28.0 Å². The second kappa shape index (κ2) is 5.33. The molecule has 102 valence electrons. The smallest absolute Gasteiger partial charge is 0.224 e. The third-order valence-electron chi connectivity index (χ3n) is 2.16. The minimum absolute atomic E-state index is 0.158. The van der Waals surface area contributed by atoms with Crippen molar-refractivity contribution in [1.82, 2.24) is 4.72 Å². The van der Waals surface area contributed by atoms with Crippen molar-refractivity contribution in [3.63, 3.8) is 0 Å². The minimum atomic E-state index is -4.03. The van der Waals surface area contributed by atoms with E-state index in [1.807, 2.05) is 0 Å². The summed E-state index contributed by atoms with van der Waals surface area (Å²) >= 11 is 0. The Kier molecular flexibility index (Phi) is 4.46. The highest BCUT2D eigenvalue weighted by atomic mass is 32.2. The molecule has 0 aliphatic heterocycles. The Morgan fingerprint density at radius 2 is 1.83 bits per heavy atom. The molecule has 8 heteroatoms. The molecule has 1 N–H and O–H groups in total. The van der Waals surface area contributed by atoms with E-state index in [0.717, 1.165) is 24.5 Å². The summed E-state index contributed by atoms with van der Waals surface area (Å²) in [5.74, 6) is -0.981. The first-order chi connectivity index (χ1) is 8.18. The molecule has 18 heavy (non-hydrogen) atoms. The van der Waals surface area contributed by atoms with Gasteiger partial charge in [0.2, 0.25) is 10.0 Å². The average molecular weight is 295 g/mol. The first-order valence-corrected chi connectivity index (χ1v) is 8.55. The van der Waals surface area contributed by atoms with Gasteiger partial charge in [0, 0.05) is 12.8 Å². The molecule has 5 nitrogen and oxygen atoms in total. The molecular weight excluding hydrogens is 281 g/mol. The molecule has 1 rings (SSSR count). The third-order valence-corrected chi connectivity index (χ3v) is 4.75. The van der Waals surface area contributed by atoms with Gasteiger partial charge in [-0.05, 0) is 24.6 Å². The Balaban J connectivity index is 3.33. The maximum Gasteiger partial charge on any atom is 0.243 e. The molecule has 0 bridgehead atoms. The van der Waals surface area contributed by atoms with Gasteiger partial charge in [-0.3, -0.25) is 0 Å². The minimum Gasteiger partial charge on any atom is -0.224 e. The maximum atomic E-state index is 13.5. The number of hydrogen-bond donors (Lipinski definition) is 1. The van der Waals surface area contributed by atoms with E-state index in [1.54, 1.807) is 6.92 Å². The van der Waals surface area contributed by atoms with Crippen LogP contribution in [0.2, 0.25) is 0 Å². The van der Waals surface area contributed by atoms with Gasteiger partial charge in [0.25, 0.3) is 0 Å². The SMILES string of the molecule is CCCNS(=O)(=O)c1cc(S(C)(=O)=O)ccc1F. The zero-order valence-corrected chi connectivity index (χ0v) is 11.6. The molecule has 0 aliphatic rings. The summed E-state index contributed by atoms with van der Waals surface area (Å²) in [5, 5.41) is 0. The highest BCUT2D eigenvalue weighted by molar-refractivity contribution is 7.91. The van der Waals surface area contributed by atoms with E-state index in [9.17, 15) is 21.2 Å². The highest BCUT2D eigenvalue weighted by Crippen LogP contribution is 2.19. The van der Waals surface area contributed by atoms with Crippen LogP contribution in [-0.2, 0) is 19.9 Å². The van der Waals surface area contributed by atoms with Crippen LogP contribution in [0.1, 0.15) is 13.3 Å². The molecule has 0 radical (unpaired) electrons. The molecule has 0 atom stereocenters. The summed E-state index contributed by atoms with van der Waals surface area (Å²) < 4.78 is 61.7. The fourth-order valence-corrected chi connectivity index (χ4v) is 3.19. The fourth-order valence-electron chi connectivity index (χ4n) is 1.23. The summed E-state index contributed by atoms with van der Waals surface area (Å²) in [6.45, 7) is 1.91. The molecule has 0 amide bonds. The monoisotopic (exact) mass is 295 g/mol. The number of sulfonamides is 1. The van der Waals surface area contributed by atoms with Gasteiger partial charge in [-0.15, -0.1) is 0 Å². The van der Waals surface area contributed by atoms with E-state index in [2.05, 4.69) is 4.72 Å². The van der Waals surface area contributed by atoms with Crippen LogP contribution in [0.25, 0.3) is 0 Å². The highest BCUT2D eigenvalue weighted by Gasteiger charge is 2.21. The van der Waals surface area contributed by atoms with Gasteiger partial charge in [0.15, 0.2) is 9.84 Å². The normalized spacial score (nSPS) is 12.6. The molecule has 0 heterocycles. The van der Waals surface area contributed by atoms with Crippen LogP contribution in [0.3, 0.4) is 0 Å². The van der Waals surface area contributed by atoms with Crippen molar-refractivity contribution in [2.45, 2.75) is 23.1 Å². The topological polar surface area (TPSA) is 80.3 Å². The van der Waals surface area contributed by atoms with Gasteiger partial charge < -0.3 is 0 Å². The fraction of sp³-hybridized carbons (Fsp3) is 0.400. The standard InChI is InChI=1S/C10H14FNO4S2/c1-3-6-12-18(15,16)10-7-8(17(2,13)14)4-5-9(10)11/h4-5,7,12H,3,6H2,1-2H3. The van der Waals surface area contributed by atoms with Crippen LogP contribution in [0.5, 0.6) is 0 Å². The predicted molar refractivity (Wildman–Crippen MR) is 65.0 cm³/mol. The summed E-state index contributed by atoms with van der Waals surface area (Å²) in [5.41, 5.74) is 0. The van der Waals surface area contributed by atoms with Crippen molar-refractivity contribution < 1.29 is 21.2 Å². The van der Waals surface area contributed by atoms with Crippen molar-refractivity contribution in [3.8, 4) is 0 Å². The molecule has 0 aliphatic carbocycles. The molecular formula is C10H14FNO4S2. The Morgan fingerprint density at radius 1 is 1.22 bits per heavy atom. The van der Waals surface area contributed by atoms with Crippen LogP contribution in [0, 0.1) is 5.82 Å². The zero-order valence-electron chi connectivity index (χ0n) is 9.97. The third kappa shape index (κ3) is 3.50. The van der Waals surface area contributed by atoms with Crippen LogP contribution in [-0.4, -0.2) is 29.6 Å². The summed E-state index contributed by atoms with van der Waals surface area (Å²) in [6, 6.07) is 2.68. The van der Waals surface area contributed by atoms with Gasteiger partial charge >= 0.3 is 0 Å². The van der Waals surface area contributed by atoms with E-state index >= 15 is 0 Å². The predicted octanol–water partition coefficient (Wildman–Crippen LogP) is 0.917. The van der Waals surface area contributed by atoms with Crippen molar-refractivity contribution in [3.05, 3.63) is 24.0 Å². The van der Waals surface area contributed by atoms with Crippen LogP contribution >= 0.6 is 0 Å². The molecule has 0 saturated heterocycles.